The van der Waals surface area contributed by atoms with E-state index in [-0.39, 0.29) is 11.9 Å². The van der Waals surface area contributed by atoms with Crippen molar-refractivity contribution in [2.24, 2.45) is 0 Å². The highest BCUT2D eigenvalue weighted by atomic mass is 19.1. The molecular formula is C13H14FNO4. The summed E-state index contributed by atoms with van der Waals surface area (Å²) in [6.07, 6.45) is 1.05. The maximum atomic E-state index is 12.7. The van der Waals surface area contributed by atoms with Crippen LogP contribution in [-0.2, 0) is 9.59 Å². The molecule has 1 aliphatic rings. The number of ether oxygens (including phenoxy) is 1. The van der Waals surface area contributed by atoms with Gasteiger partial charge in [-0.3, -0.25) is 4.79 Å². The molecule has 0 spiro atoms. The Hall–Kier alpha value is -2.11. The smallest absolute Gasteiger partial charge is 0.394 e. The van der Waals surface area contributed by atoms with Gasteiger partial charge in [0.2, 0.25) is 0 Å². The number of piperidine rings is 1. The highest BCUT2D eigenvalue weighted by Crippen LogP contribution is 2.19. The second-order valence-electron chi connectivity index (χ2n) is 4.37. The minimum absolute atomic E-state index is 0.0803. The largest absolute Gasteiger partial charge is 0.490 e. The number of hydrogen-bond donors (Lipinski definition) is 1. The van der Waals surface area contributed by atoms with Gasteiger partial charge in [-0.1, -0.05) is 0 Å². The molecular weight excluding hydrogens is 253 g/mol. The summed E-state index contributed by atoms with van der Waals surface area (Å²) < 4.78 is 18.4. The van der Waals surface area contributed by atoms with E-state index in [1.54, 1.807) is 12.1 Å². The van der Waals surface area contributed by atoms with Crippen molar-refractivity contribution in [2.75, 3.05) is 13.1 Å². The lowest BCUT2D eigenvalue weighted by atomic mass is 10.1. The molecule has 102 valence electrons. The molecule has 0 unspecified atom stereocenters. The molecule has 1 saturated heterocycles. The van der Waals surface area contributed by atoms with Crippen LogP contribution in [0, 0.1) is 5.82 Å². The lowest BCUT2D eigenvalue weighted by Crippen LogP contribution is -2.44. The maximum absolute atomic E-state index is 12.7. The van der Waals surface area contributed by atoms with Crippen molar-refractivity contribution in [2.45, 2.75) is 18.9 Å². The van der Waals surface area contributed by atoms with Gasteiger partial charge in [0.25, 0.3) is 0 Å². The van der Waals surface area contributed by atoms with Crippen LogP contribution in [0.2, 0.25) is 0 Å². The van der Waals surface area contributed by atoms with Gasteiger partial charge in [0.1, 0.15) is 17.7 Å². The normalized spacial score (nSPS) is 16.2. The van der Waals surface area contributed by atoms with Crippen molar-refractivity contribution in [3.05, 3.63) is 30.1 Å². The van der Waals surface area contributed by atoms with Gasteiger partial charge in [0, 0.05) is 25.9 Å². The first-order chi connectivity index (χ1) is 9.06. The third kappa shape index (κ3) is 3.43. The molecule has 2 rings (SSSR count). The third-order valence-corrected chi connectivity index (χ3v) is 3.03. The van der Waals surface area contributed by atoms with Crippen molar-refractivity contribution < 1.29 is 23.8 Å². The summed E-state index contributed by atoms with van der Waals surface area (Å²) in [5, 5.41) is 8.60. The van der Waals surface area contributed by atoms with E-state index in [4.69, 9.17) is 9.84 Å². The Balaban J connectivity index is 1.85. The molecule has 0 aromatic heterocycles. The van der Waals surface area contributed by atoms with Crippen LogP contribution in [0.5, 0.6) is 5.75 Å². The fourth-order valence-corrected chi connectivity index (χ4v) is 2.02. The zero-order chi connectivity index (χ0) is 13.8. The molecule has 1 heterocycles. The summed E-state index contributed by atoms with van der Waals surface area (Å²) in [6.45, 7) is 0.716. The predicted octanol–water partition coefficient (Wildman–Crippen LogP) is 1.28. The van der Waals surface area contributed by atoms with Gasteiger partial charge in [-0.25, -0.2) is 9.18 Å². The average molecular weight is 267 g/mol. The van der Waals surface area contributed by atoms with E-state index < -0.39 is 11.9 Å². The van der Waals surface area contributed by atoms with Crippen LogP contribution in [0.3, 0.4) is 0 Å². The quantitative estimate of drug-likeness (QED) is 0.820. The van der Waals surface area contributed by atoms with Gasteiger partial charge < -0.3 is 14.7 Å². The number of amides is 1. The van der Waals surface area contributed by atoms with Crippen LogP contribution in [0.4, 0.5) is 4.39 Å². The Bertz CT molecular complexity index is 466. The summed E-state index contributed by atoms with van der Waals surface area (Å²) in [7, 11) is 0. The van der Waals surface area contributed by atoms with E-state index in [0.29, 0.717) is 31.7 Å². The van der Waals surface area contributed by atoms with Gasteiger partial charge in [0.15, 0.2) is 0 Å². The van der Waals surface area contributed by atoms with Crippen molar-refractivity contribution in [3.63, 3.8) is 0 Å². The molecule has 1 amide bonds. The van der Waals surface area contributed by atoms with E-state index in [1.165, 1.54) is 17.0 Å². The number of rotatable bonds is 2. The van der Waals surface area contributed by atoms with Crippen LogP contribution < -0.4 is 4.74 Å². The molecule has 1 fully saturated rings. The molecule has 0 aliphatic carbocycles. The number of halogens is 1. The van der Waals surface area contributed by atoms with Gasteiger partial charge in [-0.15, -0.1) is 0 Å². The molecule has 19 heavy (non-hydrogen) atoms. The zero-order valence-electron chi connectivity index (χ0n) is 10.2. The summed E-state index contributed by atoms with van der Waals surface area (Å²) in [5.74, 6) is -2.06. The molecule has 1 aliphatic heterocycles. The third-order valence-electron chi connectivity index (χ3n) is 3.03. The Morgan fingerprint density at radius 3 is 2.32 bits per heavy atom. The first-order valence-corrected chi connectivity index (χ1v) is 6.00. The first-order valence-electron chi connectivity index (χ1n) is 6.00. The van der Waals surface area contributed by atoms with Crippen molar-refractivity contribution in [3.8, 4) is 5.75 Å². The highest BCUT2D eigenvalue weighted by molar-refractivity contribution is 6.31. The number of likely N-dealkylation sites (tertiary alicyclic amines) is 1. The summed E-state index contributed by atoms with van der Waals surface area (Å²) in [5.41, 5.74) is 0. The summed E-state index contributed by atoms with van der Waals surface area (Å²) >= 11 is 0. The number of carboxylic acid groups (broad SMARTS) is 1. The van der Waals surface area contributed by atoms with E-state index >= 15 is 0 Å². The molecule has 1 N–H and O–H groups in total. The second-order valence-corrected chi connectivity index (χ2v) is 4.37. The highest BCUT2D eigenvalue weighted by Gasteiger charge is 2.27. The second kappa shape index (κ2) is 5.69. The molecule has 0 radical (unpaired) electrons. The number of nitrogens with zero attached hydrogens (tertiary/aromatic N) is 1. The van der Waals surface area contributed by atoms with Crippen molar-refractivity contribution >= 4 is 11.9 Å². The van der Waals surface area contributed by atoms with Gasteiger partial charge in [-0.2, -0.15) is 0 Å². The minimum atomic E-state index is -1.43. The monoisotopic (exact) mass is 267 g/mol. The predicted molar refractivity (Wildman–Crippen MR) is 64.3 cm³/mol. The molecule has 0 atom stereocenters. The van der Waals surface area contributed by atoms with Gasteiger partial charge in [0.05, 0.1) is 0 Å². The van der Waals surface area contributed by atoms with Gasteiger partial charge in [-0.05, 0) is 24.3 Å². The molecule has 1 aromatic carbocycles. The summed E-state index contributed by atoms with van der Waals surface area (Å²) in [6, 6.07) is 5.73. The van der Waals surface area contributed by atoms with Gasteiger partial charge >= 0.3 is 11.9 Å². The Labute approximate surface area is 109 Å². The first kappa shape index (κ1) is 13.3. The van der Waals surface area contributed by atoms with Crippen LogP contribution in [-0.4, -0.2) is 41.1 Å². The topological polar surface area (TPSA) is 66.8 Å². The fraction of sp³-hybridized carbons (Fsp3) is 0.385. The number of aliphatic carboxylic acids is 1. The number of carbonyl (C=O) groups is 2. The standard InChI is InChI=1S/C13H14FNO4/c14-9-1-3-10(4-2-9)19-11-5-7-15(8-6-11)12(16)13(17)18/h1-4,11H,5-8H2,(H,17,18). The number of carbonyl (C=O) groups excluding carboxylic acids is 1. The molecule has 0 saturated carbocycles. The Kier molecular flexibility index (Phi) is 3.99. The number of carboxylic acids is 1. The average Bonchev–Trinajstić information content (AvgIpc) is 2.41. The summed E-state index contributed by atoms with van der Waals surface area (Å²) in [4.78, 5) is 23.1. The Morgan fingerprint density at radius 1 is 1.21 bits per heavy atom. The SMILES string of the molecule is O=C(O)C(=O)N1CCC(Oc2ccc(F)cc2)CC1. The maximum Gasteiger partial charge on any atom is 0.394 e. The zero-order valence-corrected chi connectivity index (χ0v) is 10.2. The Morgan fingerprint density at radius 2 is 1.79 bits per heavy atom. The molecule has 5 nitrogen and oxygen atoms in total. The lowest BCUT2D eigenvalue weighted by molar-refractivity contribution is -0.156. The molecule has 6 heteroatoms. The van der Waals surface area contributed by atoms with Crippen molar-refractivity contribution in [1.82, 2.24) is 4.90 Å². The van der Waals surface area contributed by atoms with Crippen LogP contribution in [0.25, 0.3) is 0 Å². The number of benzene rings is 1. The van der Waals surface area contributed by atoms with Crippen molar-refractivity contribution in [1.29, 1.82) is 0 Å². The molecule has 1 aromatic rings. The van der Waals surface area contributed by atoms with Crippen LogP contribution >= 0.6 is 0 Å². The van der Waals surface area contributed by atoms with E-state index in [2.05, 4.69) is 0 Å². The lowest BCUT2D eigenvalue weighted by Gasteiger charge is -2.31. The number of hydrogen-bond acceptors (Lipinski definition) is 3. The van der Waals surface area contributed by atoms with E-state index in [1.807, 2.05) is 0 Å². The minimum Gasteiger partial charge on any atom is -0.490 e. The van der Waals surface area contributed by atoms with Crippen LogP contribution in [0.1, 0.15) is 12.8 Å². The van der Waals surface area contributed by atoms with Crippen LogP contribution in [0.15, 0.2) is 24.3 Å². The van der Waals surface area contributed by atoms with E-state index in [9.17, 15) is 14.0 Å². The van der Waals surface area contributed by atoms with E-state index in [0.717, 1.165) is 0 Å². The fourth-order valence-electron chi connectivity index (χ4n) is 2.02. The molecule has 0 bridgehead atoms.